The normalized spacial score (nSPS) is 14.7. The van der Waals surface area contributed by atoms with Crippen LogP contribution < -0.4 is 19.5 Å². The predicted molar refractivity (Wildman–Crippen MR) is 105 cm³/mol. The molecule has 0 aliphatic carbocycles. The van der Waals surface area contributed by atoms with Gasteiger partial charge < -0.3 is 14.8 Å². The quantitative estimate of drug-likeness (QED) is 0.747. The van der Waals surface area contributed by atoms with E-state index in [4.69, 9.17) is 9.47 Å². The Morgan fingerprint density at radius 3 is 2.59 bits per heavy atom. The molecule has 9 heteroatoms. The van der Waals surface area contributed by atoms with E-state index in [2.05, 4.69) is 10.0 Å². The van der Waals surface area contributed by atoms with Gasteiger partial charge in [0.1, 0.15) is 5.82 Å². The zero-order valence-electron chi connectivity index (χ0n) is 16.2. The maximum absolute atomic E-state index is 14.2. The number of fused-ring (bicyclic) bond motifs is 1. The number of rotatable bonds is 6. The van der Waals surface area contributed by atoms with Crippen molar-refractivity contribution in [1.29, 1.82) is 0 Å². The van der Waals surface area contributed by atoms with Gasteiger partial charge in [-0.05, 0) is 42.8 Å². The van der Waals surface area contributed by atoms with Crippen LogP contribution in [0.2, 0.25) is 0 Å². The van der Waals surface area contributed by atoms with Gasteiger partial charge in [0.05, 0.1) is 29.7 Å². The molecule has 29 heavy (non-hydrogen) atoms. The van der Waals surface area contributed by atoms with Gasteiger partial charge in [0.25, 0.3) is 5.91 Å². The van der Waals surface area contributed by atoms with E-state index in [1.807, 2.05) is 0 Å². The van der Waals surface area contributed by atoms with Crippen LogP contribution in [0.25, 0.3) is 0 Å². The number of sulfonamides is 1. The Labute approximate surface area is 169 Å². The molecule has 2 N–H and O–H groups in total. The Kier molecular flexibility index (Phi) is 6.39. The van der Waals surface area contributed by atoms with Crippen molar-refractivity contribution in [3.05, 3.63) is 53.3 Å². The molecule has 0 radical (unpaired) electrons. The molecule has 3 rings (SSSR count). The Morgan fingerprint density at radius 2 is 1.86 bits per heavy atom. The molecule has 0 aromatic heterocycles. The van der Waals surface area contributed by atoms with Crippen molar-refractivity contribution in [2.24, 2.45) is 0 Å². The third-order valence-electron chi connectivity index (χ3n) is 4.45. The monoisotopic (exact) mass is 422 g/mol. The minimum Gasteiger partial charge on any atom is -0.490 e. The van der Waals surface area contributed by atoms with E-state index < -0.39 is 27.8 Å². The number of hydrogen-bond donors (Lipinski definition) is 2. The molecule has 7 nitrogen and oxygen atoms in total. The highest BCUT2D eigenvalue weighted by atomic mass is 32.2. The van der Waals surface area contributed by atoms with Crippen LogP contribution in [-0.2, 0) is 10.0 Å². The standard InChI is InChI=1S/C20H23FN2O5S/c1-3-22-29(25,26)15-6-7-17(21)16(12-15)20(24)23-13(2)14-5-8-18-19(11-14)28-10-4-9-27-18/h5-8,11-13,22H,3-4,9-10H2,1-2H3,(H,23,24). The smallest absolute Gasteiger partial charge is 0.254 e. The second-order valence-electron chi connectivity index (χ2n) is 6.59. The predicted octanol–water partition coefficient (Wildman–Crippen LogP) is 2.78. The number of nitrogens with one attached hydrogen (secondary N) is 2. The lowest BCUT2D eigenvalue weighted by molar-refractivity contribution is 0.0935. The summed E-state index contributed by atoms with van der Waals surface area (Å²) in [6.07, 6.45) is 0.779. The third kappa shape index (κ3) is 4.86. The summed E-state index contributed by atoms with van der Waals surface area (Å²) in [5.74, 6) is -0.289. The average molecular weight is 422 g/mol. The van der Waals surface area contributed by atoms with Crippen molar-refractivity contribution in [3.63, 3.8) is 0 Å². The summed E-state index contributed by atoms with van der Waals surface area (Å²) in [5.41, 5.74) is 0.407. The lowest BCUT2D eigenvalue weighted by atomic mass is 10.1. The van der Waals surface area contributed by atoms with Crippen LogP contribution in [0.4, 0.5) is 4.39 Å². The summed E-state index contributed by atoms with van der Waals surface area (Å²) in [4.78, 5) is 12.4. The molecule has 1 amide bonds. The lowest BCUT2D eigenvalue weighted by Crippen LogP contribution is -2.28. The van der Waals surface area contributed by atoms with E-state index in [0.717, 1.165) is 30.2 Å². The van der Waals surface area contributed by atoms with Crippen molar-refractivity contribution in [3.8, 4) is 11.5 Å². The summed E-state index contributed by atoms with van der Waals surface area (Å²) >= 11 is 0. The van der Waals surface area contributed by atoms with E-state index in [1.165, 1.54) is 0 Å². The van der Waals surface area contributed by atoms with Gasteiger partial charge in [0.2, 0.25) is 10.0 Å². The summed E-state index contributed by atoms with van der Waals surface area (Å²) in [6, 6.07) is 7.99. The van der Waals surface area contributed by atoms with Crippen LogP contribution in [0.1, 0.15) is 42.2 Å². The van der Waals surface area contributed by atoms with Gasteiger partial charge in [-0.1, -0.05) is 13.0 Å². The first-order chi connectivity index (χ1) is 13.8. The van der Waals surface area contributed by atoms with Crippen molar-refractivity contribution < 1.29 is 27.1 Å². The maximum Gasteiger partial charge on any atom is 0.254 e. The third-order valence-corrected chi connectivity index (χ3v) is 5.99. The fourth-order valence-corrected chi connectivity index (χ4v) is 3.99. The van der Waals surface area contributed by atoms with Crippen molar-refractivity contribution >= 4 is 15.9 Å². The number of ether oxygens (including phenoxy) is 2. The van der Waals surface area contributed by atoms with E-state index in [0.29, 0.717) is 24.7 Å². The first-order valence-corrected chi connectivity index (χ1v) is 10.8. The minimum absolute atomic E-state index is 0.172. The highest BCUT2D eigenvalue weighted by Gasteiger charge is 2.21. The second kappa shape index (κ2) is 8.79. The first kappa shape index (κ1) is 21.1. The van der Waals surface area contributed by atoms with Gasteiger partial charge in [-0.3, -0.25) is 4.79 Å². The fourth-order valence-electron chi connectivity index (χ4n) is 2.93. The molecule has 2 aromatic carbocycles. The SMILES string of the molecule is CCNS(=O)(=O)c1ccc(F)c(C(=O)NC(C)c2ccc3c(c2)OCCCO3)c1. The van der Waals surface area contributed by atoms with Crippen LogP contribution in [0.3, 0.4) is 0 Å². The molecule has 0 spiro atoms. The van der Waals surface area contributed by atoms with Crippen LogP contribution in [0, 0.1) is 5.82 Å². The minimum atomic E-state index is -3.80. The molecular weight excluding hydrogens is 399 g/mol. The number of carbonyl (C=O) groups excluding carboxylic acids is 1. The van der Waals surface area contributed by atoms with E-state index >= 15 is 0 Å². The summed E-state index contributed by atoms with van der Waals surface area (Å²) in [6.45, 7) is 4.67. The second-order valence-corrected chi connectivity index (χ2v) is 8.36. The van der Waals surface area contributed by atoms with Crippen LogP contribution >= 0.6 is 0 Å². The Hall–Kier alpha value is -2.65. The summed E-state index contributed by atoms with van der Waals surface area (Å²) in [5, 5.41) is 2.70. The summed E-state index contributed by atoms with van der Waals surface area (Å²) < 4.78 is 52.0. The molecule has 0 bridgehead atoms. The molecule has 1 aliphatic heterocycles. The van der Waals surface area contributed by atoms with Gasteiger partial charge in [0.15, 0.2) is 11.5 Å². The Morgan fingerprint density at radius 1 is 1.14 bits per heavy atom. The van der Waals surface area contributed by atoms with E-state index in [-0.39, 0.29) is 17.0 Å². The molecule has 1 unspecified atom stereocenters. The molecule has 0 fully saturated rings. The lowest BCUT2D eigenvalue weighted by Gasteiger charge is -2.17. The van der Waals surface area contributed by atoms with Crippen LogP contribution in [-0.4, -0.2) is 34.1 Å². The number of hydrogen-bond acceptors (Lipinski definition) is 5. The van der Waals surface area contributed by atoms with Crippen LogP contribution in [0.5, 0.6) is 11.5 Å². The number of halogens is 1. The zero-order chi connectivity index (χ0) is 21.0. The Bertz CT molecular complexity index is 1010. The van der Waals surface area contributed by atoms with Crippen LogP contribution in [0.15, 0.2) is 41.3 Å². The fraction of sp³-hybridized carbons (Fsp3) is 0.350. The molecular formula is C20H23FN2O5S. The maximum atomic E-state index is 14.2. The van der Waals surface area contributed by atoms with Gasteiger partial charge >= 0.3 is 0 Å². The first-order valence-electron chi connectivity index (χ1n) is 9.31. The van der Waals surface area contributed by atoms with E-state index in [9.17, 15) is 17.6 Å². The molecule has 2 aromatic rings. The topological polar surface area (TPSA) is 93.7 Å². The van der Waals surface area contributed by atoms with Gasteiger partial charge in [-0.25, -0.2) is 17.5 Å². The highest BCUT2D eigenvalue weighted by Crippen LogP contribution is 2.32. The number of benzene rings is 2. The van der Waals surface area contributed by atoms with E-state index in [1.54, 1.807) is 32.0 Å². The molecule has 1 aliphatic rings. The van der Waals surface area contributed by atoms with Crippen molar-refractivity contribution in [2.45, 2.75) is 31.2 Å². The van der Waals surface area contributed by atoms with Gasteiger partial charge in [0, 0.05) is 13.0 Å². The highest BCUT2D eigenvalue weighted by molar-refractivity contribution is 7.89. The molecule has 156 valence electrons. The molecule has 1 atom stereocenters. The van der Waals surface area contributed by atoms with Crippen molar-refractivity contribution in [2.75, 3.05) is 19.8 Å². The molecule has 1 heterocycles. The molecule has 0 saturated carbocycles. The van der Waals surface area contributed by atoms with Gasteiger partial charge in [-0.2, -0.15) is 0 Å². The van der Waals surface area contributed by atoms with Crippen molar-refractivity contribution in [1.82, 2.24) is 10.0 Å². The largest absolute Gasteiger partial charge is 0.490 e. The number of carbonyl (C=O) groups is 1. The Balaban J connectivity index is 1.80. The summed E-state index contributed by atoms with van der Waals surface area (Å²) in [7, 11) is -3.80. The van der Waals surface area contributed by atoms with Gasteiger partial charge in [-0.15, -0.1) is 0 Å². The zero-order valence-corrected chi connectivity index (χ0v) is 17.0. The molecule has 0 saturated heterocycles. The number of amides is 1. The average Bonchev–Trinajstić information content (AvgIpc) is 2.92.